The van der Waals surface area contributed by atoms with Crippen molar-refractivity contribution in [3.8, 4) is 0 Å². The fourth-order valence-corrected chi connectivity index (χ4v) is 4.84. The van der Waals surface area contributed by atoms with E-state index in [-0.39, 0.29) is 5.16 Å². The second kappa shape index (κ2) is 8.64. The molecule has 0 bridgehead atoms. The highest BCUT2D eigenvalue weighted by molar-refractivity contribution is 9.42. The van der Waals surface area contributed by atoms with E-state index in [1.165, 1.54) is 25.7 Å². The van der Waals surface area contributed by atoms with Gasteiger partial charge in [-0.2, -0.15) is 0 Å². The summed E-state index contributed by atoms with van der Waals surface area (Å²) in [6.07, 6.45) is 6.92. The quantitative estimate of drug-likeness (QED) is 0.304. The standard InChI is InChI=1S/C16H21Br3N2O2S/c1-2-3-4-5-6-9-12-21-14-11-8-7-10-13(14)20-15(21)24(22,23)16(17,18)19/h7-8,10-11H,2-6,9,12H2,1H3. The Hall–Kier alpha value is 0.0800. The van der Waals surface area contributed by atoms with Crippen LogP contribution < -0.4 is 0 Å². The lowest BCUT2D eigenvalue weighted by Crippen LogP contribution is -2.22. The third-order valence-electron chi connectivity index (χ3n) is 3.90. The van der Waals surface area contributed by atoms with Crippen LogP contribution in [0.4, 0.5) is 0 Å². The maximum Gasteiger partial charge on any atom is 0.247 e. The van der Waals surface area contributed by atoms with Crippen molar-refractivity contribution in [3.05, 3.63) is 24.3 Å². The van der Waals surface area contributed by atoms with Crippen molar-refractivity contribution in [2.75, 3.05) is 0 Å². The fourth-order valence-electron chi connectivity index (χ4n) is 2.63. The van der Waals surface area contributed by atoms with E-state index in [0.717, 1.165) is 18.4 Å². The van der Waals surface area contributed by atoms with Gasteiger partial charge in [-0.1, -0.05) is 51.2 Å². The summed E-state index contributed by atoms with van der Waals surface area (Å²) in [5.41, 5.74) is 1.54. The van der Waals surface area contributed by atoms with E-state index < -0.39 is 11.3 Å². The molecule has 0 saturated carbocycles. The lowest BCUT2D eigenvalue weighted by atomic mass is 10.1. The molecule has 0 fully saturated rings. The highest BCUT2D eigenvalue weighted by atomic mass is 80.0. The number of aromatic nitrogens is 2. The molecule has 0 atom stereocenters. The van der Waals surface area contributed by atoms with Gasteiger partial charge in [-0.15, -0.1) is 0 Å². The first-order valence-electron chi connectivity index (χ1n) is 8.05. The van der Waals surface area contributed by atoms with Crippen LogP contribution in [0.25, 0.3) is 11.0 Å². The second-order valence-corrected chi connectivity index (χ2v) is 16.1. The van der Waals surface area contributed by atoms with Gasteiger partial charge in [0.1, 0.15) is 0 Å². The maximum atomic E-state index is 12.8. The Kier molecular flexibility index (Phi) is 7.34. The minimum atomic E-state index is -3.72. The molecule has 0 saturated heterocycles. The molecule has 0 aliphatic carbocycles. The van der Waals surface area contributed by atoms with Gasteiger partial charge in [0.15, 0.2) is 0 Å². The summed E-state index contributed by atoms with van der Waals surface area (Å²) in [4.78, 5) is 4.36. The van der Waals surface area contributed by atoms with Gasteiger partial charge in [0.25, 0.3) is 0 Å². The predicted molar refractivity (Wildman–Crippen MR) is 110 cm³/mol. The van der Waals surface area contributed by atoms with E-state index in [4.69, 9.17) is 0 Å². The Labute approximate surface area is 168 Å². The number of aryl methyl sites for hydroxylation is 1. The van der Waals surface area contributed by atoms with Crippen LogP contribution in [0.3, 0.4) is 0 Å². The van der Waals surface area contributed by atoms with Crippen LogP contribution in [-0.2, 0) is 16.4 Å². The third-order valence-corrected chi connectivity index (χ3v) is 9.14. The van der Waals surface area contributed by atoms with E-state index in [1.54, 1.807) is 0 Å². The summed E-state index contributed by atoms with van der Waals surface area (Å²) < 4.78 is 26.0. The number of unbranched alkanes of at least 4 members (excludes halogenated alkanes) is 5. The summed E-state index contributed by atoms with van der Waals surface area (Å²) in [6, 6.07) is 7.52. The number of rotatable bonds is 8. The predicted octanol–water partition coefficient (Wildman–Crippen LogP) is 5.97. The van der Waals surface area contributed by atoms with Crippen LogP contribution in [0.15, 0.2) is 29.4 Å². The van der Waals surface area contributed by atoms with Crippen molar-refractivity contribution < 1.29 is 8.42 Å². The molecule has 1 heterocycles. The third kappa shape index (κ3) is 4.62. The van der Waals surface area contributed by atoms with Crippen LogP contribution in [0.5, 0.6) is 0 Å². The second-order valence-electron chi connectivity index (χ2n) is 5.75. The number of alkyl halides is 3. The minimum Gasteiger partial charge on any atom is -0.315 e. The highest BCUT2D eigenvalue weighted by Gasteiger charge is 2.41. The van der Waals surface area contributed by atoms with E-state index in [0.29, 0.717) is 12.1 Å². The van der Waals surface area contributed by atoms with Crippen LogP contribution in [0.2, 0.25) is 0 Å². The molecule has 4 nitrogen and oxygen atoms in total. The van der Waals surface area contributed by atoms with Gasteiger partial charge in [0.05, 0.1) is 11.0 Å². The Morgan fingerprint density at radius 1 is 1.04 bits per heavy atom. The van der Waals surface area contributed by atoms with Crippen molar-refractivity contribution in [3.63, 3.8) is 0 Å². The molecule has 24 heavy (non-hydrogen) atoms. The molecule has 2 rings (SSSR count). The molecule has 0 aliphatic rings. The molecule has 1 aromatic carbocycles. The lowest BCUT2D eigenvalue weighted by Gasteiger charge is -2.15. The van der Waals surface area contributed by atoms with Gasteiger partial charge in [-0.25, -0.2) is 13.4 Å². The Balaban J connectivity index is 2.28. The van der Waals surface area contributed by atoms with Crippen molar-refractivity contribution in [2.45, 2.75) is 58.6 Å². The summed E-state index contributed by atoms with van der Waals surface area (Å²) in [6.45, 7) is 2.84. The maximum absolute atomic E-state index is 12.8. The number of benzene rings is 1. The molecule has 0 radical (unpaired) electrons. The molecule has 8 heteroatoms. The lowest BCUT2D eigenvalue weighted by molar-refractivity contribution is 0.529. The Morgan fingerprint density at radius 2 is 1.67 bits per heavy atom. The van der Waals surface area contributed by atoms with Crippen molar-refractivity contribution in [1.29, 1.82) is 0 Å². The molecular formula is C16H21Br3N2O2S. The number of imidazole rings is 1. The molecule has 0 amide bonds. The number of hydrogen-bond donors (Lipinski definition) is 0. The minimum absolute atomic E-state index is 0.0721. The molecule has 0 spiro atoms. The van der Waals surface area contributed by atoms with E-state index in [1.807, 2.05) is 28.8 Å². The Bertz CT molecular complexity index is 782. The molecule has 0 N–H and O–H groups in total. The van der Waals surface area contributed by atoms with Crippen molar-refractivity contribution >= 4 is 68.7 Å². The molecular weight excluding hydrogens is 524 g/mol. The van der Waals surface area contributed by atoms with Gasteiger partial charge >= 0.3 is 0 Å². The Morgan fingerprint density at radius 3 is 2.33 bits per heavy atom. The first-order valence-corrected chi connectivity index (χ1v) is 11.9. The summed E-state index contributed by atoms with van der Waals surface area (Å²) in [7, 11) is -3.72. The number of sulfone groups is 1. The number of fused-ring (bicyclic) bond motifs is 1. The van der Waals surface area contributed by atoms with Crippen LogP contribution in [0.1, 0.15) is 45.4 Å². The van der Waals surface area contributed by atoms with E-state index in [2.05, 4.69) is 59.7 Å². The largest absolute Gasteiger partial charge is 0.315 e. The normalized spacial score (nSPS) is 12.8. The summed E-state index contributed by atoms with van der Waals surface area (Å²) in [5.74, 6) is 0. The zero-order valence-electron chi connectivity index (χ0n) is 13.5. The molecule has 2 aromatic rings. The monoisotopic (exact) mass is 542 g/mol. The first-order chi connectivity index (χ1) is 11.3. The van der Waals surface area contributed by atoms with E-state index in [9.17, 15) is 8.42 Å². The van der Waals surface area contributed by atoms with Crippen molar-refractivity contribution in [1.82, 2.24) is 9.55 Å². The topological polar surface area (TPSA) is 52.0 Å². The SMILES string of the molecule is CCCCCCCCn1c(S(=O)(=O)C(Br)(Br)Br)nc2ccccc21. The van der Waals surface area contributed by atoms with Crippen molar-refractivity contribution in [2.24, 2.45) is 0 Å². The smallest absolute Gasteiger partial charge is 0.247 e. The molecule has 134 valence electrons. The number of halogens is 3. The fraction of sp³-hybridized carbons (Fsp3) is 0.562. The molecule has 0 unspecified atom stereocenters. The molecule has 1 aromatic heterocycles. The zero-order chi connectivity index (χ0) is 17.8. The average Bonchev–Trinajstić information content (AvgIpc) is 2.89. The van der Waals surface area contributed by atoms with Gasteiger partial charge in [-0.3, -0.25) is 0 Å². The van der Waals surface area contributed by atoms with E-state index >= 15 is 0 Å². The summed E-state index contributed by atoms with van der Waals surface area (Å²) in [5, 5.41) is 0.0721. The average molecular weight is 545 g/mol. The van der Waals surface area contributed by atoms with Gasteiger partial charge in [0, 0.05) is 6.54 Å². The number of para-hydroxylation sites is 2. The summed E-state index contributed by atoms with van der Waals surface area (Å²) >= 11 is 9.39. The van der Waals surface area contributed by atoms with Gasteiger partial charge in [0.2, 0.25) is 16.5 Å². The number of hydrogen-bond acceptors (Lipinski definition) is 3. The van der Waals surface area contributed by atoms with Crippen LogP contribution >= 0.6 is 47.8 Å². The highest BCUT2D eigenvalue weighted by Crippen LogP contribution is 2.43. The zero-order valence-corrected chi connectivity index (χ0v) is 19.1. The first kappa shape index (κ1) is 20.4. The van der Waals surface area contributed by atoms with Gasteiger partial charge < -0.3 is 4.57 Å². The van der Waals surface area contributed by atoms with Crippen LogP contribution in [0, 0.1) is 0 Å². The molecule has 0 aliphatic heterocycles. The van der Waals surface area contributed by atoms with Crippen LogP contribution in [-0.4, -0.2) is 19.4 Å². The number of nitrogens with zero attached hydrogens (tertiary/aromatic N) is 2. The van der Waals surface area contributed by atoms with Gasteiger partial charge in [-0.05, 0) is 66.3 Å².